The molecule has 0 saturated carbocycles. The van der Waals surface area contributed by atoms with Crippen molar-refractivity contribution in [3.63, 3.8) is 0 Å². The molecule has 1 saturated heterocycles. The Morgan fingerprint density at radius 1 is 1.16 bits per heavy atom. The van der Waals surface area contributed by atoms with E-state index in [0.717, 1.165) is 56.0 Å². The predicted octanol–water partition coefficient (Wildman–Crippen LogP) is 3.77. The van der Waals surface area contributed by atoms with Gasteiger partial charge in [0, 0.05) is 37.9 Å². The normalized spacial score (nSPS) is 15.2. The lowest BCUT2D eigenvalue weighted by molar-refractivity contribution is 0.0728. The summed E-state index contributed by atoms with van der Waals surface area (Å²) in [7, 11) is 0. The van der Waals surface area contributed by atoms with Gasteiger partial charge in [-0.1, -0.05) is 24.3 Å². The van der Waals surface area contributed by atoms with Crippen LogP contribution in [-0.2, 0) is 0 Å². The van der Waals surface area contributed by atoms with Crippen LogP contribution in [0.25, 0.3) is 0 Å². The molecule has 0 bridgehead atoms. The molecule has 0 radical (unpaired) electrons. The standard InChI is InChI=1S/C21H27N3O/c1-3-23(21(25)19-9-5-4-8-17(19)2)16-18-11-14-24(15-12-18)20-10-6-7-13-22-20/h4-10,13,18H,3,11-12,14-16H2,1-2H3. The number of anilines is 1. The van der Waals surface area contributed by atoms with Gasteiger partial charge < -0.3 is 9.80 Å². The van der Waals surface area contributed by atoms with Crippen LogP contribution in [0.2, 0.25) is 0 Å². The fourth-order valence-electron chi connectivity index (χ4n) is 3.54. The van der Waals surface area contributed by atoms with Gasteiger partial charge in [-0.2, -0.15) is 0 Å². The number of aryl methyl sites for hydroxylation is 1. The minimum Gasteiger partial charge on any atom is -0.357 e. The van der Waals surface area contributed by atoms with Crippen molar-refractivity contribution in [3.05, 3.63) is 59.8 Å². The summed E-state index contributed by atoms with van der Waals surface area (Å²) in [6.07, 6.45) is 4.06. The van der Waals surface area contributed by atoms with E-state index in [4.69, 9.17) is 0 Å². The Morgan fingerprint density at radius 2 is 1.88 bits per heavy atom. The first-order valence-electron chi connectivity index (χ1n) is 9.20. The summed E-state index contributed by atoms with van der Waals surface area (Å²) >= 11 is 0. The molecule has 1 amide bonds. The summed E-state index contributed by atoms with van der Waals surface area (Å²) in [5, 5.41) is 0. The van der Waals surface area contributed by atoms with E-state index in [0.29, 0.717) is 5.92 Å². The van der Waals surface area contributed by atoms with Crippen molar-refractivity contribution >= 4 is 11.7 Å². The van der Waals surface area contributed by atoms with Gasteiger partial charge in [0.15, 0.2) is 0 Å². The topological polar surface area (TPSA) is 36.4 Å². The zero-order valence-electron chi connectivity index (χ0n) is 15.2. The Morgan fingerprint density at radius 3 is 2.52 bits per heavy atom. The number of carbonyl (C=O) groups is 1. The van der Waals surface area contributed by atoms with Gasteiger partial charge in [0.2, 0.25) is 0 Å². The SMILES string of the molecule is CCN(CC1CCN(c2ccccn2)CC1)C(=O)c1ccccc1C. The molecule has 4 heteroatoms. The molecule has 3 rings (SSSR count). The average Bonchev–Trinajstić information content (AvgIpc) is 2.67. The summed E-state index contributed by atoms with van der Waals surface area (Å²) in [5.41, 5.74) is 1.88. The Labute approximate surface area is 150 Å². The Hall–Kier alpha value is -2.36. The van der Waals surface area contributed by atoms with E-state index in [1.54, 1.807) is 0 Å². The van der Waals surface area contributed by atoms with Gasteiger partial charge in [0.05, 0.1) is 0 Å². The van der Waals surface area contributed by atoms with E-state index in [1.165, 1.54) is 0 Å². The molecule has 0 atom stereocenters. The molecule has 0 spiro atoms. The van der Waals surface area contributed by atoms with Gasteiger partial charge in [-0.15, -0.1) is 0 Å². The number of carbonyl (C=O) groups excluding carboxylic acids is 1. The molecule has 0 aliphatic carbocycles. The number of nitrogens with zero attached hydrogens (tertiary/aromatic N) is 3. The minimum absolute atomic E-state index is 0.160. The van der Waals surface area contributed by atoms with Gasteiger partial charge in [0.25, 0.3) is 5.91 Å². The Kier molecular flexibility index (Phi) is 5.69. The molecule has 1 aliphatic heterocycles. The van der Waals surface area contributed by atoms with E-state index in [9.17, 15) is 4.79 Å². The Bertz CT molecular complexity index is 693. The van der Waals surface area contributed by atoms with Crippen molar-refractivity contribution in [1.82, 2.24) is 9.88 Å². The van der Waals surface area contributed by atoms with Gasteiger partial charge in [-0.3, -0.25) is 4.79 Å². The molecule has 0 N–H and O–H groups in total. The van der Waals surface area contributed by atoms with Gasteiger partial charge in [-0.05, 0) is 56.4 Å². The van der Waals surface area contributed by atoms with Crippen LogP contribution in [0, 0.1) is 12.8 Å². The summed E-state index contributed by atoms with van der Waals surface area (Å²) in [5.74, 6) is 1.78. The largest absolute Gasteiger partial charge is 0.357 e. The third-order valence-corrected chi connectivity index (χ3v) is 5.11. The summed E-state index contributed by atoms with van der Waals surface area (Å²) in [6.45, 7) is 7.70. The van der Waals surface area contributed by atoms with Crippen molar-refractivity contribution in [3.8, 4) is 0 Å². The van der Waals surface area contributed by atoms with Crippen LogP contribution in [0.3, 0.4) is 0 Å². The van der Waals surface area contributed by atoms with Crippen LogP contribution in [0.15, 0.2) is 48.7 Å². The number of benzene rings is 1. The number of hydrogen-bond acceptors (Lipinski definition) is 3. The second kappa shape index (κ2) is 8.15. The molecule has 132 valence electrons. The van der Waals surface area contributed by atoms with E-state index in [1.807, 2.05) is 54.4 Å². The number of pyridine rings is 1. The highest BCUT2D eigenvalue weighted by atomic mass is 16.2. The van der Waals surface area contributed by atoms with Crippen molar-refractivity contribution < 1.29 is 4.79 Å². The van der Waals surface area contributed by atoms with Gasteiger partial charge in [-0.25, -0.2) is 4.98 Å². The van der Waals surface area contributed by atoms with Crippen molar-refractivity contribution in [2.75, 3.05) is 31.1 Å². The van der Waals surface area contributed by atoms with Gasteiger partial charge in [0.1, 0.15) is 5.82 Å². The molecular formula is C21H27N3O. The van der Waals surface area contributed by atoms with Crippen LogP contribution in [0.4, 0.5) is 5.82 Å². The molecule has 1 aromatic heterocycles. The maximum Gasteiger partial charge on any atom is 0.254 e. The van der Waals surface area contributed by atoms with Crippen molar-refractivity contribution in [2.24, 2.45) is 5.92 Å². The lowest BCUT2D eigenvalue weighted by atomic mass is 9.95. The molecule has 0 unspecified atom stereocenters. The third kappa shape index (κ3) is 4.19. The highest BCUT2D eigenvalue weighted by molar-refractivity contribution is 5.95. The molecule has 4 nitrogen and oxygen atoms in total. The minimum atomic E-state index is 0.160. The zero-order chi connectivity index (χ0) is 17.6. The first-order chi connectivity index (χ1) is 12.2. The molecule has 2 aromatic rings. The molecule has 1 aromatic carbocycles. The zero-order valence-corrected chi connectivity index (χ0v) is 15.2. The highest BCUT2D eigenvalue weighted by Gasteiger charge is 2.24. The molecule has 1 aliphatic rings. The fraction of sp³-hybridized carbons (Fsp3) is 0.429. The summed E-state index contributed by atoms with van der Waals surface area (Å²) in [4.78, 5) is 21.7. The Balaban J connectivity index is 1.58. The molecular weight excluding hydrogens is 310 g/mol. The predicted molar refractivity (Wildman–Crippen MR) is 102 cm³/mol. The van der Waals surface area contributed by atoms with E-state index in [2.05, 4.69) is 22.9 Å². The first kappa shape index (κ1) is 17.5. The monoisotopic (exact) mass is 337 g/mol. The quantitative estimate of drug-likeness (QED) is 0.833. The van der Waals surface area contributed by atoms with Crippen LogP contribution < -0.4 is 4.90 Å². The number of rotatable bonds is 5. The van der Waals surface area contributed by atoms with Crippen molar-refractivity contribution in [2.45, 2.75) is 26.7 Å². The number of amides is 1. The van der Waals surface area contributed by atoms with E-state index >= 15 is 0 Å². The van der Waals surface area contributed by atoms with Crippen LogP contribution in [-0.4, -0.2) is 42.0 Å². The molecule has 1 fully saturated rings. The fourth-order valence-corrected chi connectivity index (χ4v) is 3.54. The number of piperidine rings is 1. The van der Waals surface area contributed by atoms with E-state index in [-0.39, 0.29) is 5.91 Å². The summed E-state index contributed by atoms with van der Waals surface area (Å²) < 4.78 is 0. The highest BCUT2D eigenvalue weighted by Crippen LogP contribution is 2.23. The van der Waals surface area contributed by atoms with Gasteiger partial charge >= 0.3 is 0 Å². The smallest absolute Gasteiger partial charge is 0.254 e. The third-order valence-electron chi connectivity index (χ3n) is 5.11. The lowest BCUT2D eigenvalue weighted by Gasteiger charge is -2.35. The van der Waals surface area contributed by atoms with E-state index < -0.39 is 0 Å². The molecule has 2 heterocycles. The lowest BCUT2D eigenvalue weighted by Crippen LogP contribution is -2.41. The number of aromatic nitrogens is 1. The second-order valence-electron chi connectivity index (χ2n) is 6.78. The van der Waals surface area contributed by atoms with Crippen LogP contribution in [0.1, 0.15) is 35.7 Å². The molecule has 25 heavy (non-hydrogen) atoms. The van der Waals surface area contributed by atoms with Crippen molar-refractivity contribution in [1.29, 1.82) is 0 Å². The maximum absolute atomic E-state index is 12.9. The van der Waals surface area contributed by atoms with Crippen LogP contribution >= 0.6 is 0 Å². The maximum atomic E-state index is 12.9. The average molecular weight is 337 g/mol. The van der Waals surface area contributed by atoms with Crippen LogP contribution in [0.5, 0.6) is 0 Å². The summed E-state index contributed by atoms with van der Waals surface area (Å²) in [6, 6.07) is 13.9. The first-order valence-corrected chi connectivity index (χ1v) is 9.20. The number of hydrogen-bond donors (Lipinski definition) is 0. The second-order valence-corrected chi connectivity index (χ2v) is 6.78.